The number of allylic oxidation sites excluding steroid dienone is 22. The van der Waals surface area contributed by atoms with Crippen LogP contribution in [0, 0.1) is 0 Å². The molecule has 0 saturated heterocycles. The summed E-state index contributed by atoms with van der Waals surface area (Å²) in [5.41, 5.74) is 0. The Labute approximate surface area is 626 Å². The number of aliphatic hydroxyl groups excluding tert-OH is 2. The second kappa shape index (κ2) is 77.3. The summed E-state index contributed by atoms with van der Waals surface area (Å²) in [6.45, 7) is 2.39. The molecule has 0 fully saturated rings. The topological polar surface area (TPSA) is 231 Å². The highest BCUT2D eigenvalue weighted by Crippen LogP contribution is 2.45. The lowest BCUT2D eigenvalue weighted by molar-refractivity contribution is -0.161. The van der Waals surface area contributed by atoms with Gasteiger partial charge in [-0.2, -0.15) is 0 Å². The van der Waals surface area contributed by atoms with E-state index in [2.05, 4.69) is 142 Å². The number of carbonyl (C=O) groups is 3. The van der Waals surface area contributed by atoms with Crippen molar-refractivity contribution >= 4 is 33.6 Å². The van der Waals surface area contributed by atoms with E-state index in [0.717, 1.165) is 122 Å². The second-order valence-electron chi connectivity index (χ2n) is 26.8. The zero-order chi connectivity index (χ0) is 75.2. The number of hydrogen-bond acceptors (Lipinski definition) is 14. The summed E-state index contributed by atoms with van der Waals surface area (Å²) in [6, 6.07) is 0. The minimum atomic E-state index is -4.94. The van der Waals surface area contributed by atoms with Crippen LogP contribution < -0.4 is 0 Å². The maximum absolute atomic E-state index is 12.9. The Morgan fingerprint density at radius 3 is 0.864 bits per heavy atom. The molecule has 592 valence electrons. The van der Waals surface area contributed by atoms with E-state index in [1.54, 1.807) is 0 Å². The molecule has 0 saturated carbocycles. The molecular weight excluding hydrogens is 1340 g/mol. The van der Waals surface area contributed by atoms with Gasteiger partial charge >= 0.3 is 33.6 Å². The quantitative estimate of drug-likeness (QED) is 0.0146. The summed E-state index contributed by atoms with van der Waals surface area (Å²) in [5, 5.41) is 20.6. The molecule has 0 radical (unpaired) electrons. The minimum Gasteiger partial charge on any atom is -0.463 e. The third-order valence-electron chi connectivity index (χ3n) is 16.8. The Hall–Kier alpha value is -4.31. The fourth-order valence-corrected chi connectivity index (χ4v) is 12.3. The van der Waals surface area contributed by atoms with Crippen molar-refractivity contribution in [3.05, 3.63) is 134 Å². The number of phosphoric acid groups is 2. The van der Waals surface area contributed by atoms with Crippen molar-refractivity contribution in [1.82, 2.24) is 0 Å². The molecule has 0 rings (SSSR count). The maximum Gasteiger partial charge on any atom is 0.472 e. The molecule has 18 heteroatoms. The van der Waals surface area contributed by atoms with Crippen LogP contribution in [0.15, 0.2) is 134 Å². The fraction of sp³-hybridized carbons (Fsp3) is 0.706. The molecule has 5 atom stereocenters. The van der Waals surface area contributed by atoms with Gasteiger partial charge in [0.1, 0.15) is 25.4 Å². The number of esters is 3. The SMILES string of the molecule is CC/C=C\C/C=C\C/C=C\C/C=C\C/C=C\CCCCCCCCCCCCCCCCCCCCCC(=O)OCC(O)COP(=O)(O)OCC(O)COP(=O)(O)OCC(COC(=O)CCC/C=C\C/C=C\C/C=C\C/C=C\C/C=C\CC)OC(=O)CCCCCCC/C=C\CCCCCCCC. The van der Waals surface area contributed by atoms with Crippen molar-refractivity contribution in [2.75, 3.05) is 39.6 Å². The number of ether oxygens (including phenoxy) is 3. The molecule has 5 unspecified atom stereocenters. The van der Waals surface area contributed by atoms with E-state index < -0.39 is 91.5 Å². The van der Waals surface area contributed by atoms with Gasteiger partial charge in [0.05, 0.1) is 26.4 Å². The van der Waals surface area contributed by atoms with E-state index in [0.29, 0.717) is 25.7 Å². The number of hydrogen-bond donors (Lipinski definition) is 4. The number of rotatable bonds is 76. The van der Waals surface area contributed by atoms with Crippen LogP contribution in [-0.4, -0.2) is 95.9 Å². The molecule has 0 aliphatic rings. The molecule has 0 aliphatic carbocycles. The Bertz CT molecular complexity index is 2410. The Kier molecular flexibility index (Phi) is 74.1. The molecule has 0 aromatic carbocycles. The lowest BCUT2D eigenvalue weighted by atomic mass is 10.0. The van der Waals surface area contributed by atoms with Gasteiger partial charge in [-0.3, -0.25) is 32.5 Å². The van der Waals surface area contributed by atoms with Gasteiger partial charge < -0.3 is 34.2 Å². The van der Waals surface area contributed by atoms with Crippen LogP contribution in [0.25, 0.3) is 0 Å². The molecule has 16 nitrogen and oxygen atoms in total. The van der Waals surface area contributed by atoms with Crippen LogP contribution in [-0.2, 0) is 55.8 Å². The van der Waals surface area contributed by atoms with Crippen molar-refractivity contribution in [2.45, 2.75) is 347 Å². The fourth-order valence-electron chi connectivity index (χ4n) is 10.7. The largest absolute Gasteiger partial charge is 0.472 e. The standard InChI is InChI=1S/C85H146O16P2/c1-4-7-10-13-16-19-22-25-28-30-31-32-33-34-35-36-37-38-39-40-41-42-43-44-45-46-47-49-52-53-56-59-62-65-68-71-83(88)95-74-80(86)75-97-102(91,92)98-76-81(87)77-99-103(93,94)100-79-82(101-85(90)73-70-67-64-61-58-55-50-27-24-21-18-15-12-9-6-3)78-96-84(89)72-69-66-63-60-57-54-51-48-29-26-23-20-17-14-11-8-5-2/h7-8,10-11,16-17,19-20,25-29,31-32,34-35,50-51,54,60,63,80-82,86-87H,4-6,9,12-15,18,21-24,30,33,36-49,52-53,55-59,61-62,64-79H2,1-3H3,(H,91,92)(H,93,94)/b10-7-,11-8-,19-16-,20-17-,28-25-,29-26-,32-31-,35-34-,50-27-,54-51-,63-60-. The molecule has 0 aliphatic heterocycles. The van der Waals surface area contributed by atoms with Crippen molar-refractivity contribution in [1.29, 1.82) is 0 Å². The molecule has 0 amide bonds. The summed E-state index contributed by atoms with van der Waals surface area (Å²) in [7, 11) is -9.80. The Morgan fingerprint density at radius 1 is 0.282 bits per heavy atom. The first-order chi connectivity index (χ1) is 50.2. The van der Waals surface area contributed by atoms with Crippen molar-refractivity contribution in [3.63, 3.8) is 0 Å². The minimum absolute atomic E-state index is 0.0811. The predicted octanol–water partition coefficient (Wildman–Crippen LogP) is 23.9. The smallest absolute Gasteiger partial charge is 0.463 e. The zero-order valence-corrected chi connectivity index (χ0v) is 66.5. The van der Waals surface area contributed by atoms with Crippen LogP contribution in [0.5, 0.6) is 0 Å². The van der Waals surface area contributed by atoms with Gasteiger partial charge in [-0.15, -0.1) is 0 Å². The molecule has 0 spiro atoms. The van der Waals surface area contributed by atoms with Gasteiger partial charge in [-0.05, 0) is 128 Å². The normalized spacial score (nSPS) is 14.7. The lowest BCUT2D eigenvalue weighted by Gasteiger charge is -2.21. The van der Waals surface area contributed by atoms with E-state index in [4.69, 9.17) is 32.3 Å². The average molecular weight is 1490 g/mol. The summed E-state index contributed by atoms with van der Waals surface area (Å²) in [4.78, 5) is 58.6. The van der Waals surface area contributed by atoms with Gasteiger partial charge in [0.15, 0.2) is 6.10 Å². The molecule has 0 heterocycles. The van der Waals surface area contributed by atoms with Gasteiger partial charge in [0, 0.05) is 19.3 Å². The highest BCUT2D eigenvalue weighted by Gasteiger charge is 2.29. The first-order valence-electron chi connectivity index (χ1n) is 40.5. The average Bonchev–Trinajstić information content (AvgIpc) is 0.915. The molecule has 0 aromatic heterocycles. The third kappa shape index (κ3) is 78.6. The van der Waals surface area contributed by atoms with E-state index in [-0.39, 0.29) is 19.3 Å². The van der Waals surface area contributed by atoms with Crippen molar-refractivity contribution < 1.29 is 75.8 Å². The Morgan fingerprint density at radius 2 is 0.524 bits per heavy atom. The van der Waals surface area contributed by atoms with Gasteiger partial charge in [-0.1, -0.05) is 315 Å². The predicted molar refractivity (Wildman–Crippen MR) is 426 cm³/mol. The Balaban J connectivity index is 4.40. The monoisotopic (exact) mass is 1490 g/mol. The van der Waals surface area contributed by atoms with Crippen LogP contribution in [0.1, 0.15) is 329 Å². The molecule has 0 bridgehead atoms. The number of carbonyl (C=O) groups excluding carboxylic acids is 3. The molecule has 0 aromatic rings. The van der Waals surface area contributed by atoms with Gasteiger partial charge in [-0.25, -0.2) is 9.13 Å². The van der Waals surface area contributed by atoms with Crippen molar-refractivity contribution in [2.24, 2.45) is 0 Å². The van der Waals surface area contributed by atoms with Crippen LogP contribution in [0.4, 0.5) is 0 Å². The first-order valence-corrected chi connectivity index (χ1v) is 43.5. The molecule has 4 N–H and O–H groups in total. The van der Waals surface area contributed by atoms with E-state index in [1.807, 2.05) is 12.2 Å². The van der Waals surface area contributed by atoms with E-state index in [9.17, 15) is 43.5 Å². The summed E-state index contributed by atoms with van der Waals surface area (Å²) < 4.78 is 61.0. The number of aliphatic hydroxyl groups is 2. The van der Waals surface area contributed by atoms with Gasteiger partial charge in [0.25, 0.3) is 0 Å². The first kappa shape index (κ1) is 98.7. The second-order valence-corrected chi connectivity index (χ2v) is 29.7. The lowest BCUT2D eigenvalue weighted by Crippen LogP contribution is -2.30. The van der Waals surface area contributed by atoms with Crippen molar-refractivity contribution in [3.8, 4) is 0 Å². The third-order valence-corrected chi connectivity index (χ3v) is 18.7. The molecular formula is C85H146O16P2. The zero-order valence-electron chi connectivity index (χ0n) is 64.7. The number of unbranched alkanes of at least 4 members (excludes halogenated alkanes) is 31. The van der Waals surface area contributed by atoms with E-state index in [1.165, 1.54) is 141 Å². The highest BCUT2D eigenvalue weighted by molar-refractivity contribution is 7.47. The van der Waals surface area contributed by atoms with Gasteiger partial charge in [0.2, 0.25) is 0 Å². The van der Waals surface area contributed by atoms with Crippen LogP contribution >= 0.6 is 15.6 Å². The van der Waals surface area contributed by atoms with Crippen LogP contribution in [0.2, 0.25) is 0 Å². The van der Waals surface area contributed by atoms with Crippen LogP contribution in [0.3, 0.4) is 0 Å². The number of phosphoric ester groups is 2. The summed E-state index contributed by atoms with van der Waals surface area (Å²) >= 11 is 0. The summed E-state index contributed by atoms with van der Waals surface area (Å²) in [5.74, 6) is -1.65. The molecule has 103 heavy (non-hydrogen) atoms. The summed E-state index contributed by atoms with van der Waals surface area (Å²) in [6.07, 6.45) is 93.9. The van der Waals surface area contributed by atoms with E-state index >= 15 is 0 Å². The highest BCUT2D eigenvalue weighted by atomic mass is 31.2. The maximum atomic E-state index is 12.9.